The van der Waals surface area contributed by atoms with Crippen molar-refractivity contribution < 1.29 is 23.8 Å². The fraction of sp³-hybridized carbons (Fsp3) is 0.385. The number of aromatic amines is 1. The molecule has 182 valence electrons. The van der Waals surface area contributed by atoms with Gasteiger partial charge in [-0.3, -0.25) is 4.79 Å². The van der Waals surface area contributed by atoms with Crippen molar-refractivity contribution in [2.24, 2.45) is 0 Å². The van der Waals surface area contributed by atoms with Crippen molar-refractivity contribution in [3.63, 3.8) is 0 Å². The van der Waals surface area contributed by atoms with Gasteiger partial charge in [-0.1, -0.05) is 44.0 Å². The lowest BCUT2D eigenvalue weighted by atomic mass is 10.0. The summed E-state index contributed by atoms with van der Waals surface area (Å²) in [5.41, 5.74) is 1.24. The van der Waals surface area contributed by atoms with E-state index in [1.54, 1.807) is 45.0 Å². The molecule has 0 aliphatic carbocycles. The average molecular weight is 470 g/mol. The molecule has 0 saturated heterocycles. The molecular formula is C26H32FN3O4. The van der Waals surface area contributed by atoms with Crippen LogP contribution in [0.15, 0.2) is 42.5 Å². The van der Waals surface area contributed by atoms with Crippen LogP contribution in [0.25, 0.3) is 22.0 Å². The Hall–Kier alpha value is -3.55. The number of ether oxygens (including phenoxy) is 1. The predicted molar refractivity (Wildman–Crippen MR) is 130 cm³/mol. The number of carbonyl (C=O) groups excluding carboxylic acids is 2. The quantitative estimate of drug-likeness (QED) is 0.350. The first-order chi connectivity index (χ1) is 16.1. The van der Waals surface area contributed by atoms with Gasteiger partial charge in [-0.15, -0.1) is 0 Å². The van der Waals surface area contributed by atoms with Crippen LogP contribution < -0.4 is 10.6 Å². The van der Waals surface area contributed by atoms with E-state index in [4.69, 9.17) is 4.74 Å². The number of carbonyl (C=O) groups is 2. The molecule has 0 aliphatic rings. The van der Waals surface area contributed by atoms with Crippen LogP contribution in [-0.2, 0) is 4.74 Å². The molecule has 34 heavy (non-hydrogen) atoms. The van der Waals surface area contributed by atoms with Crippen LogP contribution in [0, 0.1) is 5.82 Å². The van der Waals surface area contributed by atoms with Crippen LogP contribution in [0.2, 0.25) is 0 Å². The highest BCUT2D eigenvalue weighted by molar-refractivity contribution is 6.10. The van der Waals surface area contributed by atoms with Crippen LogP contribution in [0.3, 0.4) is 0 Å². The molecular weight excluding hydrogens is 437 g/mol. The highest BCUT2D eigenvalue weighted by Gasteiger charge is 2.23. The maximum absolute atomic E-state index is 13.5. The molecule has 4 N–H and O–H groups in total. The van der Waals surface area contributed by atoms with Gasteiger partial charge in [0, 0.05) is 23.5 Å². The van der Waals surface area contributed by atoms with E-state index in [0.717, 1.165) is 12.8 Å². The normalized spacial score (nSPS) is 12.4. The first-order valence-corrected chi connectivity index (χ1v) is 11.5. The van der Waals surface area contributed by atoms with Gasteiger partial charge in [0.15, 0.2) is 0 Å². The highest BCUT2D eigenvalue weighted by atomic mass is 19.1. The molecule has 1 aromatic heterocycles. The number of unbranched alkanes of at least 4 members (excludes halogenated alkanes) is 1. The number of H-pyrrole nitrogens is 1. The molecule has 3 aromatic rings. The minimum Gasteiger partial charge on any atom is -0.506 e. The zero-order valence-electron chi connectivity index (χ0n) is 20.0. The van der Waals surface area contributed by atoms with Gasteiger partial charge in [-0.05, 0) is 51.0 Å². The summed E-state index contributed by atoms with van der Waals surface area (Å²) in [6, 6.07) is 10.5. The van der Waals surface area contributed by atoms with Crippen LogP contribution in [0.5, 0.6) is 5.75 Å². The average Bonchev–Trinajstić information content (AvgIpc) is 3.16. The van der Waals surface area contributed by atoms with E-state index in [9.17, 15) is 19.1 Å². The molecule has 7 nitrogen and oxygen atoms in total. The van der Waals surface area contributed by atoms with Gasteiger partial charge in [-0.25, -0.2) is 9.18 Å². The maximum Gasteiger partial charge on any atom is 0.407 e. The largest absolute Gasteiger partial charge is 0.506 e. The molecule has 0 aliphatic heterocycles. The Kier molecular flexibility index (Phi) is 7.81. The number of phenols is 1. The monoisotopic (exact) mass is 469 g/mol. The van der Waals surface area contributed by atoms with Gasteiger partial charge in [0.25, 0.3) is 5.91 Å². The summed E-state index contributed by atoms with van der Waals surface area (Å²) in [5.74, 6) is -0.779. The van der Waals surface area contributed by atoms with Crippen molar-refractivity contribution in [1.29, 1.82) is 0 Å². The van der Waals surface area contributed by atoms with E-state index in [-0.39, 0.29) is 29.8 Å². The first kappa shape index (κ1) is 25.1. The number of amides is 2. The van der Waals surface area contributed by atoms with Gasteiger partial charge in [0.2, 0.25) is 0 Å². The third-order valence-corrected chi connectivity index (χ3v) is 5.31. The van der Waals surface area contributed by atoms with Crippen LogP contribution >= 0.6 is 0 Å². The Labute approximate surface area is 198 Å². The second-order valence-corrected chi connectivity index (χ2v) is 9.28. The Morgan fingerprint density at radius 1 is 1.15 bits per heavy atom. The minimum atomic E-state index is -0.626. The third-order valence-electron chi connectivity index (χ3n) is 5.31. The lowest BCUT2D eigenvalue weighted by Crippen LogP contribution is -2.45. The predicted octanol–water partition coefficient (Wildman–Crippen LogP) is 5.49. The Morgan fingerprint density at radius 3 is 2.50 bits per heavy atom. The maximum atomic E-state index is 13.5. The van der Waals surface area contributed by atoms with Gasteiger partial charge in [0.05, 0.1) is 5.52 Å². The molecule has 0 saturated carbocycles. The van der Waals surface area contributed by atoms with E-state index in [2.05, 4.69) is 22.5 Å². The molecule has 0 bridgehead atoms. The van der Waals surface area contributed by atoms with Gasteiger partial charge >= 0.3 is 6.09 Å². The second-order valence-electron chi connectivity index (χ2n) is 9.28. The summed E-state index contributed by atoms with van der Waals surface area (Å²) >= 11 is 0. The number of rotatable bonds is 8. The summed E-state index contributed by atoms with van der Waals surface area (Å²) in [7, 11) is 0. The summed E-state index contributed by atoms with van der Waals surface area (Å²) < 4.78 is 18.9. The molecule has 1 atom stereocenters. The second kappa shape index (κ2) is 10.6. The van der Waals surface area contributed by atoms with Crippen LogP contribution in [-0.4, -0.2) is 40.3 Å². The van der Waals surface area contributed by atoms with E-state index in [0.29, 0.717) is 28.5 Å². The third kappa shape index (κ3) is 6.27. The Balaban J connectivity index is 1.85. The minimum absolute atomic E-state index is 0.00678. The number of para-hydroxylation sites is 1. The fourth-order valence-electron chi connectivity index (χ4n) is 3.74. The summed E-state index contributed by atoms with van der Waals surface area (Å²) in [5, 5.41) is 16.7. The molecule has 3 rings (SSSR count). The standard InChI is InChI=1S/C26H32FN3O4/c1-5-6-8-18(29-25(33)34-26(2,3)4)15-28-24(32)23-21(16-11-13-17(27)14-12-16)19-9-7-10-20(31)22(19)30-23/h7,9-14,18,30-31H,5-6,8,15H2,1-4H3,(H,28,32)(H,29,33)/t18-/m0/s1. The highest BCUT2D eigenvalue weighted by Crippen LogP contribution is 2.36. The zero-order chi connectivity index (χ0) is 24.9. The number of hydrogen-bond acceptors (Lipinski definition) is 4. The smallest absolute Gasteiger partial charge is 0.407 e. The number of aromatic hydroxyl groups is 1. The Morgan fingerprint density at radius 2 is 1.85 bits per heavy atom. The van der Waals surface area contributed by atoms with Crippen LogP contribution in [0.4, 0.5) is 9.18 Å². The molecule has 0 unspecified atom stereocenters. The number of benzene rings is 2. The van der Waals surface area contributed by atoms with Crippen molar-refractivity contribution in [3.8, 4) is 16.9 Å². The molecule has 0 spiro atoms. The zero-order valence-corrected chi connectivity index (χ0v) is 20.0. The number of fused-ring (bicyclic) bond motifs is 1. The summed E-state index contributed by atoms with van der Waals surface area (Å²) in [6.07, 6.45) is 1.95. The first-order valence-electron chi connectivity index (χ1n) is 11.5. The van der Waals surface area contributed by atoms with Crippen molar-refractivity contribution in [2.75, 3.05) is 6.54 Å². The molecule has 2 amide bonds. The van der Waals surface area contributed by atoms with E-state index < -0.39 is 17.6 Å². The molecule has 0 radical (unpaired) electrons. The molecule has 2 aromatic carbocycles. The SMILES string of the molecule is CCCC[C@@H](CNC(=O)c1[nH]c2c(O)cccc2c1-c1ccc(F)cc1)NC(=O)OC(C)(C)C. The Bertz CT molecular complexity index is 1150. The van der Waals surface area contributed by atoms with Crippen LogP contribution in [0.1, 0.15) is 57.4 Å². The number of hydrogen-bond donors (Lipinski definition) is 4. The van der Waals surface area contributed by atoms with Crippen molar-refractivity contribution in [2.45, 2.75) is 58.6 Å². The molecule has 1 heterocycles. The van der Waals surface area contributed by atoms with Crippen molar-refractivity contribution in [3.05, 3.63) is 54.0 Å². The summed E-state index contributed by atoms with van der Waals surface area (Å²) in [4.78, 5) is 28.5. The van der Waals surface area contributed by atoms with E-state index >= 15 is 0 Å². The molecule has 0 fully saturated rings. The van der Waals surface area contributed by atoms with Gasteiger partial charge in [-0.2, -0.15) is 0 Å². The number of halogens is 1. The van der Waals surface area contributed by atoms with Crippen molar-refractivity contribution in [1.82, 2.24) is 15.6 Å². The van der Waals surface area contributed by atoms with Gasteiger partial charge in [0.1, 0.15) is 22.9 Å². The summed E-state index contributed by atoms with van der Waals surface area (Å²) in [6.45, 7) is 7.62. The number of alkyl carbamates (subject to hydrolysis) is 1. The number of aromatic nitrogens is 1. The van der Waals surface area contributed by atoms with Crippen molar-refractivity contribution >= 4 is 22.9 Å². The number of phenolic OH excluding ortho intramolecular Hbond substituents is 1. The molecule has 8 heteroatoms. The fourth-order valence-corrected chi connectivity index (χ4v) is 3.74. The lowest BCUT2D eigenvalue weighted by molar-refractivity contribution is 0.0498. The van der Waals surface area contributed by atoms with E-state index in [1.807, 2.05) is 0 Å². The number of nitrogens with one attached hydrogen (secondary N) is 3. The topological polar surface area (TPSA) is 103 Å². The van der Waals surface area contributed by atoms with Gasteiger partial charge < -0.3 is 25.5 Å². The lowest BCUT2D eigenvalue weighted by Gasteiger charge is -2.24. The van der Waals surface area contributed by atoms with E-state index in [1.165, 1.54) is 18.2 Å².